The van der Waals surface area contributed by atoms with E-state index >= 15 is 0 Å². The highest BCUT2D eigenvalue weighted by Crippen LogP contribution is 2.26. The van der Waals surface area contributed by atoms with Crippen molar-refractivity contribution in [3.8, 4) is 6.07 Å². The first-order chi connectivity index (χ1) is 10.3. The molecule has 0 saturated heterocycles. The standard InChI is InChI=1S/C17H12ClN3/c18-15-8-14-5-2-6-20-17(14)16(9-15)21-11-13-4-1-3-12(7-13)10-19/h1-9,21H,11H2. The minimum atomic E-state index is 0.613. The number of hydrogen-bond donors (Lipinski definition) is 1. The minimum absolute atomic E-state index is 0.613. The second-order valence-electron chi connectivity index (χ2n) is 4.69. The SMILES string of the molecule is N#Cc1cccc(CNc2cc(Cl)cc3cccnc23)c1. The molecule has 4 heteroatoms. The predicted molar refractivity (Wildman–Crippen MR) is 85.2 cm³/mol. The Morgan fingerprint density at radius 3 is 2.90 bits per heavy atom. The van der Waals surface area contributed by atoms with E-state index in [9.17, 15) is 0 Å². The van der Waals surface area contributed by atoms with Crippen LogP contribution in [0, 0.1) is 11.3 Å². The summed E-state index contributed by atoms with van der Waals surface area (Å²) in [6, 6.07) is 17.3. The Labute approximate surface area is 127 Å². The van der Waals surface area contributed by atoms with Crippen LogP contribution in [-0.4, -0.2) is 4.98 Å². The minimum Gasteiger partial charge on any atom is -0.379 e. The molecule has 0 fully saturated rings. The van der Waals surface area contributed by atoms with Gasteiger partial charge in [-0.2, -0.15) is 5.26 Å². The van der Waals surface area contributed by atoms with Crippen molar-refractivity contribution < 1.29 is 0 Å². The summed E-state index contributed by atoms with van der Waals surface area (Å²) in [5.74, 6) is 0. The van der Waals surface area contributed by atoms with Crippen LogP contribution in [0.1, 0.15) is 11.1 Å². The zero-order valence-electron chi connectivity index (χ0n) is 11.2. The van der Waals surface area contributed by atoms with Crippen LogP contribution in [0.15, 0.2) is 54.7 Å². The van der Waals surface area contributed by atoms with Crippen LogP contribution in [0.25, 0.3) is 10.9 Å². The number of anilines is 1. The van der Waals surface area contributed by atoms with Gasteiger partial charge >= 0.3 is 0 Å². The molecule has 3 rings (SSSR count). The molecule has 0 aliphatic rings. The third kappa shape index (κ3) is 2.96. The number of nitrogens with one attached hydrogen (secondary N) is 1. The van der Waals surface area contributed by atoms with Crippen molar-refractivity contribution in [1.29, 1.82) is 5.26 Å². The average Bonchev–Trinajstić information content (AvgIpc) is 2.52. The highest BCUT2D eigenvalue weighted by atomic mass is 35.5. The number of fused-ring (bicyclic) bond motifs is 1. The number of benzene rings is 2. The van der Waals surface area contributed by atoms with E-state index in [2.05, 4.69) is 16.4 Å². The third-order valence-corrected chi connectivity index (χ3v) is 3.43. The van der Waals surface area contributed by atoms with Crippen LogP contribution < -0.4 is 5.32 Å². The van der Waals surface area contributed by atoms with Gasteiger partial charge in [-0.3, -0.25) is 4.98 Å². The van der Waals surface area contributed by atoms with Gasteiger partial charge in [-0.05, 0) is 35.9 Å². The summed E-state index contributed by atoms with van der Waals surface area (Å²) in [5.41, 5.74) is 3.47. The zero-order chi connectivity index (χ0) is 14.7. The van der Waals surface area contributed by atoms with Gasteiger partial charge in [-0.1, -0.05) is 29.8 Å². The molecule has 1 heterocycles. The molecule has 21 heavy (non-hydrogen) atoms. The van der Waals surface area contributed by atoms with Gasteiger partial charge in [0.05, 0.1) is 22.8 Å². The maximum absolute atomic E-state index is 8.93. The van der Waals surface area contributed by atoms with Gasteiger partial charge in [0.1, 0.15) is 0 Å². The van der Waals surface area contributed by atoms with Gasteiger partial charge in [0.25, 0.3) is 0 Å². The first-order valence-electron chi connectivity index (χ1n) is 6.53. The molecule has 3 aromatic rings. The second kappa shape index (κ2) is 5.82. The van der Waals surface area contributed by atoms with Crippen molar-refractivity contribution in [3.63, 3.8) is 0 Å². The van der Waals surface area contributed by atoms with E-state index < -0.39 is 0 Å². The summed E-state index contributed by atoms with van der Waals surface area (Å²) in [7, 11) is 0. The van der Waals surface area contributed by atoms with Crippen LogP contribution in [-0.2, 0) is 6.54 Å². The van der Waals surface area contributed by atoms with E-state index in [4.69, 9.17) is 16.9 Å². The fourth-order valence-electron chi connectivity index (χ4n) is 2.24. The number of halogens is 1. The van der Waals surface area contributed by atoms with Gasteiger partial charge < -0.3 is 5.32 Å². The average molecular weight is 294 g/mol. The highest BCUT2D eigenvalue weighted by molar-refractivity contribution is 6.31. The lowest BCUT2D eigenvalue weighted by molar-refractivity contribution is 1.15. The van der Waals surface area contributed by atoms with Crippen molar-refractivity contribution >= 4 is 28.2 Å². The van der Waals surface area contributed by atoms with Crippen molar-refractivity contribution in [2.24, 2.45) is 0 Å². The normalized spacial score (nSPS) is 10.3. The third-order valence-electron chi connectivity index (χ3n) is 3.21. The fraction of sp³-hybridized carbons (Fsp3) is 0.0588. The molecule has 0 saturated carbocycles. The lowest BCUT2D eigenvalue weighted by Crippen LogP contribution is -2.01. The molecule has 0 unspecified atom stereocenters. The molecule has 1 aromatic heterocycles. The zero-order valence-corrected chi connectivity index (χ0v) is 11.9. The van der Waals surface area contributed by atoms with Crippen LogP contribution in [0.5, 0.6) is 0 Å². The van der Waals surface area contributed by atoms with Gasteiger partial charge in [0.15, 0.2) is 0 Å². The smallest absolute Gasteiger partial charge is 0.0991 e. The van der Waals surface area contributed by atoms with Gasteiger partial charge in [-0.15, -0.1) is 0 Å². The van der Waals surface area contributed by atoms with Gasteiger partial charge in [0.2, 0.25) is 0 Å². The molecule has 0 amide bonds. The molecular formula is C17H12ClN3. The number of pyridine rings is 1. The van der Waals surface area contributed by atoms with Crippen LogP contribution in [0.4, 0.5) is 5.69 Å². The number of hydrogen-bond acceptors (Lipinski definition) is 3. The summed E-state index contributed by atoms with van der Waals surface area (Å²) in [6.45, 7) is 0.613. The predicted octanol–water partition coefficient (Wildman–Crippen LogP) is 4.37. The Morgan fingerprint density at radius 1 is 1.14 bits per heavy atom. The lowest BCUT2D eigenvalue weighted by Gasteiger charge is -2.10. The molecule has 0 aliphatic heterocycles. The van der Waals surface area contributed by atoms with E-state index in [1.807, 2.05) is 42.5 Å². The van der Waals surface area contributed by atoms with E-state index in [-0.39, 0.29) is 0 Å². The molecule has 3 nitrogen and oxygen atoms in total. The molecule has 102 valence electrons. The Hall–Kier alpha value is -2.57. The van der Waals surface area contributed by atoms with Crippen LogP contribution in [0.3, 0.4) is 0 Å². The number of nitrogens with zero attached hydrogens (tertiary/aromatic N) is 2. The summed E-state index contributed by atoms with van der Waals surface area (Å²) < 4.78 is 0. The molecule has 0 atom stereocenters. The number of rotatable bonds is 3. The van der Waals surface area contributed by atoms with Crippen molar-refractivity contribution in [3.05, 3.63) is 70.9 Å². The fourth-order valence-corrected chi connectivity index (χ4v) is 2.47. The largest absolute Gasteiger partial charge is 0.379 e. The Bertz CT molecular complexity index is 837. The number of aromatic nitrogens is 1. The Morgan fingerprint density at radius 2 is 2.05 bits per heavy atom. The molecule has 0 radical (unpaired) electrons. The molecule has 0 aliphatic carbocycles. The van der Waals surface area contributed by atoms with Crippen molar-refractivity contribution in [1.82, 2.24) is 4.98 Å². The Kier molecular flexibility index (Phi) is 3.72. The maximum atomic E-state index is 8.93. The molecular weight excluding hydrogens is 282 g/mol. The first-order valence-corrected chi connectivity index (χ1v) is 6.91. The van der Waals surface area contributed by atoms with Crippen molar-refractivity contribution in [2.45, 2.75) is 6.54 Å². The molecule has 2 aromatic carbocycles. The second-order valence-corrected chi connectivity index (χ2v) is 5.13. The summed E-state index contributed by atoms with van der Waals surface area (Å²) in [6.07, 6.45) is 1.76. The van der Waals surface area contributed by atoms with Crippen LogP contribution >= 0.6 is 11.6 Å². The quantitative estimate of drug-likeness (QED) is 0.780. The van der Waals surface area contributed by atoms with E-state index in [1.54, 1.807) is 12.3 Å². The Balaban J connectivity index is 1.90. The topological polar surface area (TPSA) is 48.7 Å². The van der Waals surface area contributed by atoms with Crippen LogP contribution in [0.2, 0.25) is 5.02 Å². The first kappa shape index (κ1) is 13.4. The van der Waals surface area contributed by atoms with Gasteiger partial charge in [-0.25, -0.2) is 0 Å². The van der Waals surface area contributed by atoms with Gasteiger partial charge in [0, 0.05) is 23.2 Å². The summed E-state index contributed by atoms with van der Waals surface area (Å²) in [4.78, 5) is 4.39. The summed E-state index contributed by atoms with van der Waals surface area (Å²) in [5, 5.41) is 13.9. The molecule has 1 N–H and O–H groups in total. The molecule has 0 bridgehead atoms. The monoisotopic (exact) mass is 293 g/mol. The summed E-state index contributed by atoms with van der Waals surface area (Å²) >= 11 is 6.14. The molecule has 0 spiro atoms. The lowest BCUT2D eigenvalue weighted by atomic mass is 10.1. The van der Waals surface area contributed by atoms with E-state index in [1.165, 1.54) is 0 Å². The maximum Gasteiger partial charge on any atom is 0.0991 e. The van der Waals surface area contributed by atoms with Crippen molar-refractivity contribution in [2.75, 3.05) is 5.32 Å². The van der Waals surface area contributed by atoms with E-state index in [0.29, 0.717) is 17.1 Å². The van der Waals surface area contributed by atoms with E-state index in [0.717, 1.165) is 22.2 Å². The highest BCUT2D eigenvalue weighted by Gasteiger charge is 2.04. The number of nitriles is 1.